The summed E-state index contributed by atoms with van der Waals surface area (Å²) in [5.41, 5.74) is 1.96. The Morgan fingerprint density at radius 3 is 2.48 bits per heavy atom. The van der Waals surface area contributed by atoms with Gasteiger partial charge >= 0.3 is 0 Å². The van der Waals surface area contributed by atoms with E-state index in [4.69, 9.17) is 9.47 Å². The fraction of sp³-hybridized carbons (Fsp3) is 0.263. The van der Waals surface area contributed by atoms with E-state index in [0.717, 1.165) is 5.56 Å². The van der Waals surface area contributed by atoms with Gasteiger partial charge in [-0.05, 0) is 30.3 Å². The summed E-state index contributed by atoms with van der Waals surface area (Å²) in [6.45, 7) is 1.81. The molecule has 0 atom stereocenters. The van der Waals surface area contributed by atoms with Crippen LogP contribution in [0.3, 0.4) is 0 Å². The smallest absolute Gasteiger partial charge is 0.253 e. The fourth-order valence-corrected chi connectivity index (χ4v) is 2.46. The molecule has 2 amide bonds. The van der Waals surface area contributed by atoms with Gasteiger partial charge in [0, 0.05) is 43.4 Å². The number of rotatable bonds is 6. The maximum Gasteiger partial charge on any atom is 0.253 e. The summed E-state index contributed by atoms with van der Waals surface area (Å²) in [5.74, 6) is 1.02. The highest BCUT2D eigenvalue weighted by Gasteiger charge is 2.15. The number of hydrogen-bond acceptors (Lipinski definition) is 4. The van der Waals surface area contributed by atoms with Crippen LogP contribution in [0.4, 0.5) is 5.69 Å². The molecule has 0 radical (unpaired) electrons. The third kappa shape index (κ3) is 4.73. The van der Waals surface area contributed by atoms with Crippen LogP contribution in [-0.2, 0) is 11.3 Å². The molecule has 0 aliphatic carbocycles. The molecule has 0 saturated carbocycles. The van der Waals surface area contributed by atoms with Gasteiger partial charge in [0.25, 0.3) is 5.91 Å². The molecule has 25 heavy (non-hydrogen) atoms. The second-order valence-corrected chi connectivity index (χ2v) is 5.60. The van der Waals surface area contributed by atoms with Crippen LogP contribution in [0.5, 0.6) is 11.5 Å². The van der Waals surface area contributed by atoms with E-state index < -0.39 is 0 Å². The Morgan fingerprint density at radius 1 is 1.08 bits per heavy atom. The summed E-state index contributed by atoms with van der Waals surface area (Å²) in [5, 5.41) is 2.68. The molecule has 0 saturated heterocycles. The zero-order valence-corrected chi connectivity index (χ0v) is 14.8. The Labute approximate surface area is 147 Å². The van der Waals surface area contributed by atoms with Gasteiger partial charge in [-0.1, -0.05) is 6.07 Å². The van der Waals surface area contributed by atoms with Crippen molar-refractivity contribution in [2.75, 3.05) is 26.6 Å². The monoisotopic (exact) mass is 342 g/mol. The summed E-state index contributed by atoms with van der Waals surface area (Å²) < 4.78 is 10.6. The van der Waals surface area contributed by atoms with Crippen LogP contribution >= 0.6 is 0 Å². The van der Waals surface area contributed by atoms with Crippen molar-refractivity contribution in [1.82, 2.24) is 4.90 Å². The molecule has 2 aromatic rings. The molecule has 0 bridgehead atoms. The lowest BCUT2D eigenvalue weighted by Crippen LogP contribution is -2.26. The highest BCUT2D eigenvalue weighted by Crippen LogP contribution is 2.26. The number of benzene rings is 2. The molecule has 132 valence electrons. The van der Waals surface area contributed by atoms with E-state index in [9.17, 15) is 9.59 Å². The van der Waals surface area contributed by atoms with Crippen LogP contribution in [0.1, 0.15) is 22.8 Å². The number of amides is 2. The van der Waals surface area contributed by atoms with Crippen molar-refractivity contribution in [2.24, 2.45) is 0 Å². The predicted molar refractivity (Wildman–Crippen MR) is 96.1 cm³/mol. The average molecular weight is 342 g/mol. The first-order valence-electron chi connectivity index (χ1n) is 7.78. The zero-order valence-electron chi connectivity index (χ0n) is 14.8. The predicted octanol–water partition coefficient (Wildman–Crippen LogP) is 2.93. The summed E-state index contributed by atoms with van der Waals surface area (Å²) in [4.78, 5) is 25.4. The van der Waals surface area contributed by atoms with E-state index in [0.29, 0.717) is 29.3 Å². The van der Waals surface area contributed by atoms with Crippen molar-refractivity contribution in [2.45, 2.75) is 13.5 Å². The van der Waals surface area contributed by atoms with Crippen molar-refractivity contribution >= 4 is 17.5 Å². The SMILES string of the molecule is COc1ccc(CN(C)C(=O)c2cccc(NC(C)=O)c2)c(OC)c1. The van der Waals surface area contributed by atoms with Crippen LogP contribution < -0.4 is 14.8 Å². The van der Waals surface area contributed by atoms with E-state index in [1.54, 1.807) is 56.5 Å². The topological polar surface area (TPSA) is 67.9 Å². The molecule has 0 fully saturated rings. The van der Waals surface area contributed by atoms with Crippen LogP contribution in [0.15, 0.2) is 42.5 Å². The number of hydrogen-bond donors (Lipinski definition) is 1. The van der Waals surface area contributed by atoms with E-state index in [1.807, 2.05) is 12.1 Å². The molecule has 0 unspecified atom stereocenters. The summed E-state index contributed by atoms with van der Waals surface area (Å²) in [6, 6.07) is 12.3. The van der Waals surface area contributed by atoms with Crippen LogP contribution in [-0.4, -0.2) is 38.0 Å². The molecular formula is C19H22N2O4. The number of nitrogens with zero attached hydrogens (tertiary/aromatic N) is 1. The Morgan fingerprint density at radius 2 is 1.84 bits per heavy atom. The minimum Gasteiger partial charge on any atom is -0.497 e. The van der Waals surface area contributed by atoms with E-state index in [1.165, 1.54) is 6.92 Å². The largest absolute Gasteiger partial charge is 0.497 e. The number of anilines is 1. The van der Waals surface area contributed by atoms with Crippen molar-refractivity contribution < 1.29 is 19.1 Å². The minimum atomic E-state index is -0.180. The van der Waals surface area contributed by atoms with Gasteiger partial charge in [0.05, 0.1) is 14.2 Å². The van der Waals surface area contributed by atoms with E-state index in [2.05, 4.69) is 5.32 Å². The summed E-state index contributed by atoms with van der Waals surface area (Å²) in [6.07, 6.45) is 0. The molecule has 2 rings (SSSR count). The lowest BCUT2D eigenvalue weighted by Gasteiger charge is -2.19. The summed E-state index contributed by atoms with van der Waals surface area (Å²) >= 11 is 0. The number of carbonyl (C=O) groups is 2. The third-order valence-electron chi connectivity index (χ3n) is 3.68. The standard InChI is InChI=1S/C19H22N2O4/c1-13(22)20-16-7-5-6-14(10-16)19(23)21(2)12-15-8-9-17(24-3)11-18(15)25-4/h5-11H,12H2,1-4H3,(H,20,22). The highest BCUT2D eigenvalue weighted by molar-refractivity contribution is 5.96. The second kappa shape index (κ2) is 8.19. The first-order valence-corrected chi connectivity index (χ1v) is 7.78. The van der Waals surface area contributed by atoms with Crippen molar-refractivity contribution in [3.05, 3.63) is 53.6 Å². The van der Waals surface area contributed by atoms with Gasteiger partial charge in [0.15, 0.2) is 0 Å². The molecule has 0 aromatic heterocycles. The van der Waals surface area contributed by atoms with Gasteiger partial charge in [-0.25, -0.2) is 0 Å². The Bertz CT molecular complexity index is 774. The van der Waals surface area contributed by atoms with Gasteiger partial charge in [-0.3, -0.25) is 9.59 Å². The molecule has 0 aliphatic rings. The maximum atomic E-state index is 12.7. The molecular weight excluding hydrogens is 320 g/mol. The van der Waals surface area contributed by atoms with Crippen LogP contribution in [0.25, 0.3) is 0 Å². The Kier molecular flexibility index (Phi) is 6.00. The minimum absolute atomic E-state index is 0.148. The Hall–Kier alpha value is -3.02. The van der Waals surface area contributed by atoms with Gasteiger partial charge < -0.3 is 19.7 Å². The molecule has 6 heteroatoms. The van der Waals surface area contributed by atoms with Gasteiger partial charge in [0.1, 0.15) is 11.5 Å². The third-order valence-corrected chi connectivity index (χ3v) is 3.68. The van der Waals surface area contributed by atoms with E-state index in [-0.39, 0.29) is 11.8 Å². The Balaban J connectivity index is 2.16. The number of ether oxygens (including phenoxy) is 2. The first kappa shape index (κ1) is 18.3. The molecule has 2 aromatic carbocycles. The average Bonchev–Trinajstić information content (AvgIpc) is 2.61. The first-order chi connectivity index (χ1) is 11.9. The van der Waals surface area contributed by atoms with Gasteiger partial charge in [-0.2, -0.15) is 0 Å². The van der Waals surface area contributed by atoms with Crippen molar-refractivity contribution in [3.8, 4) is 11.5 Å². The number of nitrogens with one attached hydrogen (secondary N) is 1. The quantitative estimate of drug-likeness (QED) is 0.876. The molecule has 6 nitrogen and oxygen atoms in total. The van der Waals surface area contributed by atoms with Crippen molar-refractivity contribution in [1.29, 1.82) is 0 Å². The van der Waals surface area contributed by atoms with Gasteiger partial charge in [-0.15, -0.1) is 0 Å². The lowest BCUT2D eigenvalue weighted by molar-refractivity contribution is -0.114. The molecule has 0 spiro atoms. The normalized spacial score (nSPS) is 10.1. The van der Waals surface area contributed by atoms with Crippen molar-refractivity contribution in [3.63, 3.8) is 0 Å². The molecule has 1 N–H and O–H groups in total. The van der Waals surface area contributed by atoms with E-state index >= 15 is 0 Å². The summed E-state index contributed by atoms with van der Waals surface area (Å²) in [7, 11) is 4.89. The molecule has 0 heterocycles. The number of carbonyl (C=O) groups excluding carboxylic acids is 2. The van der Waals surface area contributed by atoms with Gasteiger partial charge in [0.2, 0.25) is 5.91 Å². The lowest BCUT2D eigenvalue weighted by atomic mass is 10.1. The zero-order chi connectivity index (χ0) is 18.4. The number of methoxy groups -OCH3 is 2. The van der Waals surface area contributed by atoms with Crippen LogP contribution in [0, 0.1) is 0 Å². The fourth-order valence-electron chi connectivity index (χ4n) is 2.46. The second-order valence-electron chi connectivity index (χ2n) is 5.60. The highest BCUT2D eigenvalue weighted by atomic mass is 16.5. The maximum absolute atomic E-state index is 12.7. The molecule has 0 aliphatic heterocycles. The van der Waals surface area contributed by atoms with Crippen LogP contribution in [0.2, 0.25) is 0 Å².